The number of methoxy groups -OCH3 is 1. The van der Waals surface area contributed by atoms with Crippen molar-refractivity contribution in [2.75, 3.05) is 19.0 Å². The Morgan fingerprint density at radius 1 is 1.19 bits per heavy atom. The Labute approximate surface area is 189 Å². The Kier molecular flexibility index (Phi) is 7.32. The van der Waals surface area contributed by atoms with Gasteiger partial charge in [0, 0.05) is 23.4 Å². The van der Waals surface area contributed by atoms with Crippen molar-refractivity contribution in [1.29, 1.82) is 5.26 Å². The SMILES string of the molecule is CCOc1cccc(NC(=O)/C(C#N)=C\c2ccc(-c3ccc(C(=O)OC)c(Cl)c3)o2)c1. The molecular formula is C24H19ClN2O5. The normalized spacial score (nSPS) is 10.9. The summed E-state index contributed by atoms with van der Waals surface area (Å²) in [5.74, 6) is 0.255. The van der Waals surface area contributed by atoms with E-state index in [1.807, 2.05) is 13.0 Å². The Morgan fingerprint density at radius 2 is 2.00 bits per heavy atom. The van der Waals surface area contributed by atoms with Gasteiger partial charge in [-0.05, 0) is 43.3 Å². The molecule has 1 aromatic heterocycles. The van der Waals surface area contributed by atoms with E-state index in [9.17, 15) is 14.9 Å². The first-order chi connectivity index (χ1) is 15.4. The molecule has 0 radical (unpaired) electrons. The third kappa shape index (κ3) is 5.36. The van der Waals surface area contributed by atoms with Crippen molar-refractivity contribution in [3.63, 3.8) is 0 Å². The summed E-state index contributed by atoms with van der Waals surface area (Å²) in [7, 11) is 1.27. The minimum atomic E-state index is -0.579. The molecule has 0 fully saturated rings. The summed E-state index contributed by atoms with van der Waals surface area (Å²) in [4.78, 5) is 24.2. The van der Waals surface area contributed by atoms with E-state index >= 15 is 0 Å². The van der Waals surface area contributed by atoms with Crippen LogP contribution in [0.5, 0.6) is 5.75 Å². The first-order valence-electron chi connectivity index (χ1n) is 9.59. The molecule has 32 heavy (non-hydrogen) atoms. The zero-order valence-corrected chi connectivity index (χ0v) is 18.1. The third-order valence-electron chi connectivity index (χ3n) is 4.34. The summed E-state index contributed by atoms with van der Waals surface area (Å²) in [5.41, 5.74) is 1.23. The van der Waals surface area contributed by atoms with Gasteiger partial charge in [0.05, 0.1) is 24.3 Å². The highest BCUT2D eigenvalue weighted by atomic mass is 35.5. The summed E-state index contributed by atoms with van der Waals surface area (Å²) in [6.45, 7) is 2.36. The fourth-order valence-corrected chi connectivity index (χ4v) is 3.11. The molecule has 0 atom stereocenters. The number of hydrogen-bond acceptors (Lipinski definition) is 6. The van der Waals surface area contributed by atoms with E-state index < -0.39 is 11.9 Å². The van der Waals surface area contributed by atoms with Gasteiger partial charge in [-0.2, -0.15) is 5.26 Å². The van der Waals surface area contributed by atoms with E-state index in [0.29, 0.717) is 35.1 Å². The zero-order chi connectivity index (χ0) is 23.1. The average Bonchev–Trinajstić information content (AvgIpc) is 3.26. The highest BCUT2D eigenvalue weighted by Crippen LogP contribution is 2.28. The van der Waals surface area contributed by atoms with Gasteiger partial charge < -0.3 is 19.2 Å². The standard InChI is InChI=1S/C24H19ClN2O5/c1-3-31-18-6-4-5-17(13-18)27-23(28)16(14-26)11-19-8-10-22(32-19)15-7-9-20(21(25)12-15)24(29)30-2/h4-13H,3H2,1-2H3,(H,27,28)/b16-11-. The van der Waals surface area contributed by atoms with Crippen LogP contribution in [0.3, 0.4) is 0 Å². The number of carbonyl (C=O) groups excluding carboxylic acids is 2. The van der Waals surface area contributed by atoms with Crippen molar-refractivity contribution >= 4 is 35.2 Å². The van der Waals surface area contributed by atoms with Crippen molar-refractivity contribution in [3.05, 3.63) is 76.5 Å². The van der Waals surface area contributed by atoms with Gasteiger partial charge in [0.2, 0.25) is 0 Å². The van der Waals surface area contributed by atoms with Gasteiger partial charge in [-0.25, -0.2) is 4.79 Å². The third-order valence-corrected chi connectivity index (χ3v) is 4.65. The number of carbonyl (C=O) groups is 2. The van der Waals surface area contributed by atoms with E-state index in [-0.39, 0.29) is 16.2 Å². The number of furan rings is 1. The summed E-state index contributed by atoms with van der Waals surface area (Å²) >= 11 is 6.16. The van der Waals surface area contributed by atoms with Gasteiger partial charge in [-0.15, -0.1) is 0 Å². The summed E-state index contributed by atoms with van der Waals surface area (Å²) < 4.78 is 15.8. The number of halogens is 1. The van der Waals surface area contributed by atoms with Crippen LogP contribution in [0, 0.1) is 11.3 Å². The molecule has 2 aromatic carbocycles. The molecule has 1 N–H and O–H groups in total. The number of hydrogen-bond donors (Lipinski definition) is 1. The second-order valence-electron chi connectivity index (χ2n) is 6.47. The van der Waals surface area contributed by atoms with E-state index in [0.717, 1.165) is 0 Å². The lowest BCUT2D eigenvalue weighted by Crippen LogP contribution is -2.13. The number of nitriles is 1. The van der Waals surface area contributed by atoms with Crippen molar-refractivity contribution < 1.29 is 23.5 Å². The largest absolute Gasteiger partial charge is 0.494 e. The van der Waals surface area contributed by atoms with Crippen LogP contribution in [-0.2, 0) is 9.53 Å². The first-order valence-corrected chi connectivity index (χ1v) is 9.97. The fourth-order valence-electron chi connectivity index (χ4n) is 2.85. The molecule has 3 rings (SSSR count). The van der Waals surface area contributed by atoms with E-state index in [4.69, 9.17) is 20.8 Å². The lowest BCUT2D eigenvalue weighted by atomic mass is 10.1. The first kappa shape index (κ1) is 22.7. The molecule has 8 heteroatoms. The molecule has 1 amide bonds. The average molecular weight is 451 g/mol. The minimum absolute atomic E-state index is 0.133. The van der Waals surface area contributed by atoms with Gasteiger partial charge in [-0.3, -0.25) is 4.79 Å². The molecule has 7 nitrogen and oxygen atoms in total. The predicted octanol–water partition coefficient (Wildman–Crippen LogP) is 5.33. The number of ether oxygens (including phenoxy) is 2. The molecule has 0 saturated carbocycles. The number of amides is 1. The highest BCUT2D eigenvalue weighted by molar-refractivity contribution is 6.33. The van der Waals surface area contributed by atoms with Crippen LogP contribution in [0.25, 0.3) is 17.4 Å². The zero-order valence-electron chi connectivity index (χ0n) is 17.3. The van der Waals surface area contributed by atoms with Crippen LogP contribution in [0.4, 0.5) is 5.69 Å². The van der Waals surface area contributed by atoms with Crippen LogP contribution < -0.4 is 10.1 Å². The van der Waals surface area contributed by atoms with Crippen molar-refractivity contribution in [1.82, 2.24) is 0 Å². The van der Waals surface area contributed by atoms with Gasteiger partial charge >= 0.3 is 5.97 Å². The van der Waals surface area contributed by atoms with Gasteiger partial charge in [0.1, 0.15) is 28.9 Å². The maximum Gasteiger partial charge on any atom is 0.339 e. The molecule has 3 aromatic rings. The van der Waals surface area contributed by atoms with Crippen LogP contribution in [0.2, 0.25) is 5.02 Å². The minimum Gasteiger partial charge on any atom is -0.494 e. The van der Waals surface area contributed by atoms with Crippen LogP contribution in [0.1, 0.15) is 23.0 Å². The number of nitrogens with zero attached hydrogens (tertiary/aromatic N) is 1. The summed E-state index contributed by atoms with van der Waals surface area (Å²) in [6.07, 6.45) is 1.34. The topological polar surface area (TPSA) is 102 Å². The fraction of sp³-hybridized carbons (Fsp3) is 0.125. The summed E-state index contributed by atoms with van der Waals surface area (Å²) in [6, 6.07) is 16.8. The molecule has 1 heterocycles. The van der Waals surface area contributed by atoms with Crippen molar-refractivity contribution in [3.8, 4) is 23.1 Å². The molecule has 0 saturated heterocycles. The molecular weight excluding hydrogens is 432 g/mol. The van der Waals surface area contributed by atoms with E-state index in [1.165, 1.54) is 19.3 Å². The van der Waals surface area contributed by atoms with Gasteiger partial charge in [0.25, 0.3) is 5.91 Å². The van der Waals surface area contributed by atoms with Crippen molar-refractivity contribution in [2.24, 2.45) is 0 Å². The van der Waals surface area contributed by atoms with E-state index in [1.54, 1.807) is 48.5 Å². The Balaban J connectivity index is 1.78. The number of benzene rings is 2. The Hall–Kier alpha value is -4.02. The van der Waals surface area contributed by atoms with Crippen molar-refractivity contribution in [2.45, 2.75) is 6.92 Å². The smallest absolute Gasteiger partial charge is 0.339 e. The maximum atomic E-state index is 12.5. The number of anilines is 1. The Bertz CT molecular complexity index is 1220. The van der Waals surface area contributed by atoms with Crippen LogP contribution in [-0.4, -0.2) is 25.6 Å². The molecule has 0 aliphatic rings. The summed E-state index contributed by atoms with van der Waals surface area (Å²) in [5, 5.41) is 12.3. The number of nitrogens with one attached hydrogen (secondary N) is 1. The molecule has 0 aliphatic carbocycles. The number of esters is 1. The number of rotatable bonds is 7. The van der Waals surface area contributed by atoms with E-state index in [2.05, 4.69) is 10.1 Å². The second-order valence-corrected chi connectivity index (χ2v) is 6.88. The van der Waals surface area contributed by atoms with Gasteiger partial charge in [0.15, 0.2) is 0 Å². The van der Waals surface area contributed by atoms with Crippen LogP contribution in [0.15, 0.2) is 64.6 Å². The highest BCUT2D eigenvalue weighted by Gasteiger charge is 2.14. The Morgan fingerprint density at radius 3 is 2.69 bits per heavy atom. The molecule has 0 bridgehead atoms. The van der Waals surface area contributed by atoms with Crippen LogP contribution >= 0.6 is 11.6 Å². The quantitative estimate of drug-likeness (QED) is 0.296. The monoisotopic (exact) mass is 450 g/mol. The predicted molar refractivity (Wildman–Crippen MR) is 120 cm³/mol. The molecule has 0 spiro atoms. The molecule has 162 valence electrons. The van der Waals surface area contributed by atoms with Gasteiger partial charge in [-0.1, -0.05) is 23.7 Å². The lowest BCUT2D eigenvalue weighted by Gasteiger charge is -2.07. The molecule has 0 aliphatic heterocycles. The molecule has 0 unspecified atom stereocenters. The lowest BCUT2D eigenvalue weighted by molar-refractivity contribution is -0.112. The maximum absolute atomic E-state index is 12.5. The second kappa shape index (κ2) is 10.3.